The van der Waals surface area contributed by atoms with E-state index < -0.39 is 0 Å². The molecule has 1 unspecified atom stereocenters. The maximum absolute atomic E-state index is 11.8. The van der Waals surface area contributed by atoms with Gasteiger partial charge < -0.3 is 15.0 Å². The Balaban J connectivity index is 0.00000341. The third kappa shape index (κ3) is 6.81. The second kappa shape index (κ2) is 12.6. The largest absolute Gasteiger partial charge is 0.469 e. The number of esters is 1. The summed E-state index contributed by atoms with van der Waals surface area (Å²) in [6.45, 7) is 12.1. The van der Waals surface area contributed by atoms with Crippen LogP contribution in [0.4, 0.5) is 0 Å². The quantitative estimate of drug-likeness (QED) is 0.258. The number of carbonyl (C=O) groups is 1. The highest BCUT2D eigenvalue weighted by Crippen LogP contribution is 2.24. The fourth-order valence-corrected chi connectivity index (χ4v) is 4.65. The second-order valence-electron chi connectivity index (χ2n) is 8.78. The Bertz CT molecular complexity index is 732. The molecule has 1 atom stereocenters. The topological polar surface area (TPSA) is 57.2 Å². The summed E-state index contributed by atoms with van der Waals surface area (Å²) in [5, 5.41) is 3.46. The molecule has 3 rings (SSSR count). The molecule has 174 valence electrons. The molecule has 1 aromatic rings. The van der Waals surface area contributed by atoms with Crippen LogP contribution in [0.2, 0.25) is 0 Å². The lowest BCUT2D eigenvalue weighted by atomic mass is 9.95. The summed E-state index contributed by atoms with van der Waals surface area (Å²) < 4.78 is 4.92. The molecule has 0 spiro atoms. The van der Waals surface area contributed by atoms with Crippen molar-refractivity contribution in [1.29, 1.82) is 0 Å². The Hall–Kier alpha value is -1.35. The van der Waals surface area contributed by atoms with E-state index in [1.807, 2.05) is 0 Å². The molecule has 1 aromatic carbocycles. The third-order valence-corrected chi connectivity index (χ3v) is 6.49. The number of piperidine rings is 1. The Morgan fingerprint density at radius 3 is 2.48 bits per heavy atom. The Labute approximate surface area is 204 Å². The zero-order valence-electron chi connectivity index (χ0n) is 19.5. The molecule has 7 heteroatoms. The van der Waals surface area contributed by atoms with Gasteiger partial charge in [0.1, 0.15) is 0 Å². The van der Waals surface area contributed by atoms with Gasteiger partial charge in [0, 0.05) is 38.8 Å². The average Bonchev–Trinajstić information content (AvgIpc) is 2.77. The number of aliphatic imine (C=N–C) groups is 1. The molecule has 0 aromatic heterocycles. The minimum Gasteiger partial charge on any atom is -0.469 e. The van der Waals surface area contributed by atoms with Crippen molar-refractivity contribution in [3.63, 3.8) is 0 Å². The average molecular weight is 543 g/mol. The van der Waals surface area contributed by atoms with Gasteiger partial charge in [-0.1, -0.05) is 38.1 Å². The first-order valence-electron chi connectivity index (χ1n) is 11.4. The first-order chi connectivity index (χ1) is 14.5. The third-order valence-electron chi connectivity index (χ3n) is 6.49. The minimum atomic E-state index is -0.0816. The summed E-state index contributed by atoms with van der Waals surface area (Å²) in [5.74, 6) is 1.45. The molecule has 1 N–H and O–H groups in total. The van der Waals surface area contributed by atoms with Gasteiger partial charge in [-0.2, -0.15) is 0 Å². The van der Waals surface area contributed by atoms with Crippen LogP contribution < -0.4 is 5.32 Å². The van der Waals surface area contributed by atoms with Crippen molar-refractivity contribution in [2.75, 3.05) is 39.8 Å². The minimum absolute atomic E-state index is 0. The number of rotatable bonds is 6. The van der Waals surface area contributed by atoms with Crippen LogP contribution in [0.15, 0.2) is 29.3 Å². The maximum atomic E-state index is 11.8. The number of halogens is 1. The molecule has 31 heavy (non-hydrogen) atoms. The lowest BCUT2D eigenvalue weighted by Crippen LogP contribution is -2.48. The van der Waals surface area contributed by atoms with E-state index in [1.54, 1.807) is 0 Å². The van der Waals surface area contributed by atoms with Gasteiger partial charge in [-0.3, -0.25) is 14.7 Å². The molecule has 6 nitrogen and oxygen atoms in total. The molecule has 2 aliphatic rings. The predicted molar refractivity (Wildman–Crippen MR) is 137 cm³/mol. The van der Waals surface area contributed by atoms with E-state index in [0.717, 1.165) is 64.5 Å². The van der Waals surface area contributed by atoms with E-state index in [0.29, 0.717) is 12.0 Å². The molecular weight excluding hydrogens is 503 g/mol. The highest BCUT2D eigenvalue weighted by Gasteiger charge is 2.28. The summed E-state index contributed by atoms with van der Waals surface area (Å²) in [5.41, 5.74) is 2.94. The van der Waals surface area contributed by atoms with E-state index in [9.17, 15) is 4.79 Å². The van der Waals surface area contributed by atoms with Crippen LogP contribution in [0.3, 0.4) is 0 Å². The van der Waals surface area contributed by atoms with Crippen molar-refractivity contribution < 1.29 is 9.53 Å². The fourth-order valence-electron chi connectivity index (χ4n) is 4.65. The first-order valence-corrected chi connectivity index (χ1v) is 11.4. The number of nitrogens with one attached hydrogen (secondary N) is 1. The highest BCUT2D eigenvalue weighted by atomic mass is 127. The molecule has 1 saturated heterocycles. The van der Waals surface area contributed by atoms with Crippen molar-refractivity contribution in [3.05, 3.63) is 35.4 Å². The molecule has 0 amide bonds. The van der Waals surface area contributed by atoms with Crippen LogP contribution in [0.1, 0.15) is 44.7 Å². The maximum Gasteiger partial charge on any atom is 0.308 e. The summed E-state index contributed by atoms with van der Waals surface area (Å²) in [6.07, 6.45) is 2.77. The van der Waals surface area contributed by atoms with E-state index in [4.69, 9.17) is 9.73 Å². The summed E-state index contributed by atoms with van der Waals surface area (Å²) in [6, 6.07) is 9.23. The number of carbonyl (C=O) groups excluding carboxylic acids is 1. The van der Waals surface area contributed by atoms with E-state index in [-0.39, 0.29) is 35.9 Å². The number of fused-ring (bicyclic) bond motifs is 1. The molecule has 0 aliphatic carbocycles. The van der Waals surface area contributed by atoms with Gasteiger partial charge in [0.2, 0.25) is 0 Å². The van der Waals surface area contributed by atoms with Crippen LogP contribution >= 0.6 is 24.0 Å². The molecule has 0 saturated carbocycles. The van der Waals surface area contributed by atoms with Gasteiger partial charge >= 0.3 is 5.97 Å². The Morgan fingerprint density at radius 1 is 1.19 bits per heavy atom. The van der Waals surface area contributed by atoms with Gasteiger partial charge in [0.25, 0.3) is 0 Å². The molecular formula is C24H39IN4O2. The first kappa shape index (κ1) is 25.9. The molecule has 2 heterocycles. The highest BCUT2D eigenvalue weighted by molar-refractivity contribution is 14.0. The van der Waals surface area contributed by atoms with Crippen molar-refractivity contribution >= 4 is 35.9 Å². The smallest absolute Gasteiger partial charge is 0.308 e. The van der Waals surface area contributed by atoms with Crippen molar-refractivity contribution in [3.8, 4) is 0 Å². The number of guanidine groups is 1. The van der Waals surface area contributed by atoms with Crippen LogP contribution in [0.25, 0.3) is 0 Å². The van der Waals surface area contributed by atoms with Gasteiger partial charge in [0.15, 0.2) is 5.96 Å². The predicted octanol–water partition coefficient (Wildman–Crippen LogP) is 3.54. The number of benzene rings is 1. The van der Waals surface area contributed by atoms with Gasteiger partial charge in [-0.25, -0.2) is 0 Å². The number of hydrogen-bond donors (Lipinski definition) is 1. The van der Waals surface area contributed by atoms with Crippen LogP contribution in [0, 0.1) is 11.8 Å². The van der Waals surface area contributed by atoms with E-state index in [2.05, 4.69) is 60.2 Å². The number of likely N-dealkylation sites (tertiary alicyclic amines) is 1. The van der Waals surface area contributed by atoms with Crippen LogP contribution in [-0.4, -0.2) is 67.6 Å². The normalized spacial score (nSPS) is 18.9. The number of nitrogens with zero attached hydrogens (tertiary/aromatic N) is 3. The van der Waals surface area contributed by atoms with Crippen molar-refractivity contribution in [2.45, 2.75) is 52.6 Å². The monoisotopic (exact) mass is 542 g/mol. The summed E-state index contributed by atoms with van der Waals surface area (Å²) in [4.78, 5) is 21.8. The number of methoxy groups -OCH3 is 1. The van der Waals surface area contributed by atoms with E-state index in [1.165, 1.54) is 18.2 Å². The molecule has 0 bridgehead atoms. The fraction of sp³-hybridized carbons (Fsp3) is 0.667. The standard InChI is InChI=1S/C24H38N4O2.HI/c1-5-25-24(27-13-11-20(12-14-27)23(29)30-4)26-16-22(18(2)3)28-15-10-19-8-6-7-9-21(19)17-28;/h6-9,18,20,22H,5,10-17H2,1-4H3,(H,25,26);1H. The van der Waals surface area contributed by atoms with Gasteiger partial charge in [0.05, 0.1) is 19.6 Å². The lowest BCUT2D eigenvalue weighted by molar-refractivity contribution is -0.146. The van der Waals surface area contributed by atoms with Crippen molar-refractivity contribution in [2.24, 2.45) is 16.8 Å². The molecule has 0 radical (unpaired) electrons. The SMILES string of the molecule is CCNC(=NCC(C(C)C)N1CCc2ccccc2C1)N1CCC(C(=O)OC)CC1.I. The zero-order chi connectivity index (χ0) is 21.5. The molecule has 1 fully saturated rings. The van der Waals surface area contributed by atoms with Crippen LogP contribution in [-0.2, 0) is 22.5 Å². The van der Waals surface area contributed by atoms with Gasteiger partial charge in [-0.05, 0) is 43.2 Å². The van der Waals surface area contributed by atoms with Crippen molar-refractivity contribution in [1.82, 2.24) is 15.1 Å². The lowest BCUT2D eigenvalue weighted by Gasteiger charge is -2.38. The van der Waals surface area contributed by atoms with E-state index >= 15 is 0 Å². The number of ether oxygens (including phenoxy) is 1. The number of hydrogen-bond acceptors (Lipinski definition) is 4. The Kier molecular flexibility index (Phi) is 10.6. The Morgan fingerprint density at radius 2 is 1.87 bits per heavy atom. The van der Waals surface area contributed by atoms with Gasteiger partial charge in [-0.15, -0.1) is 24.0 Å². The zero-order valence-corrected chi connectivity index (χ0v) is 21.8. The molecule has 2 aliphatic heterocycles. The summed E-state index contributed by atoms with van der Waals surface area (Å²) >= 11 is 0. The summed E-state index contributed by atoms with van der Waals surface area (Å²) in [7, 11) is 1.48. The second-order valence-corrected chi connectivity index (χ2v) is 8.78. The van der Waals surface area contributed by atoms with Crippen LogP contribution in [0.5, 0.6) is 0 Å².